The predicted molar refractivity (Wildman–Crippen MR) is 73.6 cm³/mol. The first kappa shape index (κ1) is 13.8. The van der Waals surface area contributed by atoms with Gasteiger partial charge in [-0.15, -0.1) is 0 Å². The molecule has 1 aromatic carbocycles. The van der Waals surface area contributed by atoms with E-state index in [1.807, 2.05) is 6.92 Å². The molecule has 0 amide bonds. The van der Waals surface area contributed by atoms with Gasteiger partial charge in [0.25, 0.3) is 5.69 Å². The minimum absolute atomic E-state index is 0.110. The van der Waals surface area contributed by atoms with Crippen LogP contribution in [-0.4, -0.2) is 24.1 Å². The molecule has 5 nitrogen and oxygen atoms in total. The Kier molecular flexibility index (Phi) is 4.74. The monoisotopic (exact) mass is 264 g/mol. The Hall–Kier alpha value is -1.62. The van der Waals surface area contributed by atoms with E-state index in [1.165, 1.54) is 25.3 Å². The number of rotatable bonds is 5. The smallest absolute Gasteiger partial charge is 0.269 e. The third-order valence-corrected chi connectivity index (χ3v) is 3.51. The standard InChI is InChI=1S/C14H20N2O3/c1-11-10-13(16(17)18)5-6-14(11)19-9-7-12-4-2-3-8-15-12/h5-6,10,12,15H,2-4,7-9H2,1H3. The van der Waals surface area contributed by atoms with Gasteiger partial charge in [0, 0.05) is 18.2 Å². The van der Waals surface area contributed by atoms with Gasteiger partial charge in [-0.25, -0.2) is 0 Å². The summed E-state index contributed by atoms with van der Waals surface area (Å²) < 4.78 is 5.71. The van der Waals surface area contributed by atoms with E-state index in [-0.39, 0.29) is 10.6 Å². The maximum Gasteiger partial charge on any atom is 0.269 e. The van der Waals surface area contributed by atoms with Gasteiger partial charge in [-0.05, 0) is 44.4 Å². The fraction of sp³-hybridized carbons (Fsp3) is 0.571. The Labute approximate surface area is 113 Å². The van der Waals surface area contributed by atoms with Crippen molar-refractivity contribution in [1.29, 1.82) is 0 Å². The average Bonchev–Trinajstić information content (AvgIpc) is 2.41. The summed E-state index contributed by atoms with van der Waals surface area (Å²) in [4.78, 5) is 10.3. The minimum Gasteiger partial charge on any atom is -0.493 e. The van der Waals surface area contributed by atoms with E-state index in [9.17, 15) is 10.1 Å². The summed E-state index contributed by atoms with van der Waals surface area (Å²) in [6.07, 6.45) is 4.74. The van der Waals surface area contributed by atoms with Gasteiger partial charge in [0.1, 0.15) is 5.75 Å². The summed E-state index contributed by atoms with van der Waals surface area (Å²) in [5.74, 6) is 0.737. The van der Waals surface area contributed by atoms with Crippen molar-refractivity contribution in [2.45, 2.75) is 38.6 Å². The summed E-state index contributed by atoms with van der Waals surface area (Å²) in [5.41, 5.74) is 0.921. The number of hydrogen-bond donors (Lipinski definition) is 1. The van der Waals surface area contributed by atoms with Gasteiger partial charge in [-0.1, -0.05) is 6.42 Å². The number of aryl methyl sites for hydroxylation is 1. The van der Waals surface area contributed by atoms with E-state index >= 15 is 0 Å². The SMILES string of the molecule is Cc1cc([N+](=O)[O-])ccc1OCCC1CCCCN1. The molecular formula is C14H20N2O3. The lowest BCUT2D eigenvalue weighted by Gasteiger charge is -2.23. The van der Waals surface area contributed by atoms with Crippen LogP contribution in [0.25, 0.3) is 0 Å². The van der Waals surface area contributed by atoms with Crippen LogP contribution in [-0.2, 0) is 0 Å². The van der Waals surface area contributed by atoms with Crippen LogP contribution in [0.2, 0.25) is 0 Å². The molecule has 1 aliphatic rings. The molecule has 104 valence electrons. The van der Waals surface area contributed by atoms with Gasteiger partial charge >= 0.3 is 0 Å². The molecule has 1 fully saturated rings. The van der Waals surface area contributed by atoms with E-state index in [1.54, 1.807) is 12.1 Å². The molecule has 1 N–H and O–H groups in total. The Morgan fingerprint density at radius 2 is 2.32 bits per heavy atom. The number of piperidine rings is 1. The van der Waals surface area contributed by atoms with E-state index < -0.39 is 0 Å². The number of nitro benzene ring substituents is 1. The van der Waals surface area contributed by atoms with Gasteiger partial charge in [0.15, 0.2) is 0 Å². The van der Waals surface area contributed by atoms with Crippen LogP contribution < -0.4 is 10.1 Å². The number of nitrogens with one attached hydrogen (secondary N) is 1. The van der Waals surface area contributed by atoms with Crippen molar-refractivity contribution in [3.05, 3.63) is 33.9 Å². The van der Waals surface area contributed by atoms with Crippen molar-refractivity contribution >= 4 is 5.69 Å². The van der Waals surface area contributed by atoms with Crippen molar-refractivity contribution in [2.24, 2.45) is 0 Å². The molecule has 0 saturated carbocycles. The molecule has 1 unspecified atom stereocenters. The first-order chi connectivity index (χ1) is 9.16. The zero-order valence-corrected chi connectivity index (χ0v) is 11.2. The maximum atomic E-state index is 10.6. The molecule has 1 aromatic rings. The fourth-order valence-electron chi connectivity index (χ4n) is 2.39. The highest BCUT2D eigenvalue weighted by Gasteiger charge is 2.13. The topological polar surface area (TPSA) is 64.4 Å². The highest BCUT2D eigenvalue weighted by Crippen LogP contribution is 2.23. The van der Waals surface area contributed by atoms with Crippen LogP contribution in [0.3, 0.4) is 0 Å². The number of nitro groups is 1. The lowest BCUT2D eigenvalue weighted by molar-refractivity contribution is -0.384. The highest BCUT2D eigenvalue weighted by molar-refractivity contribution is 5.42. The van der Waals surface area contributed by atoms with Crippen LogP contribution in [0.1, 0.15) is 31.2 Å². The van der Waals surface area contributed by atoms with E-state index in [2.05, 4.69) is 5.32 Å². The second kappa shape index (κ2) is 6.52. The lowest BCUT2D eigenvalue weighted by Crippen LogP contribution is -2.35. The molecule has 2 rings (SSSR count). The molecule has 0 aromatic heterocycles. The second-order valence-corrected chi connectivity index (χ2v) is 4.99. The summed E-state index contributed by atoms with van der Waals surface area (Å²) in [6.45, 7) is 3.58. The minimum atomic E-state index is -0.386. The zero-order valence-electron chi connectivity index (χ0n) is 11.2. The van der Waals surface area contributed by atoms with E-state index in [4.69, 9.17) is 4.74 Å². The van der Waals surface area contributed by atoms with Crippen LogP contribution in [0.15, 0.2) is 18.2 Å². The number of non-ortho nitro benzene ring substituents is 1. The average molecular weight is 264 g/mol. The molecular weight excluding hydrogens is 244 g/mol. The Morgan fingerprint density at radius 3 is 2.95 bits per heavy atom. The highest BCUT2D eigenvalue weighted by atomic mass is 16.6. The van der Waals surface area contributed by atoms with Gasteiger partial charge in [0.2, 0.25) is 0 Å². The first-order valence-corrected chi connectivity index (χ1v) is 6.78. The van der Waals surface area contributed by atoms with Crippen molar-refractivity contribution in [2.75, 3.05) is 13.2 Å². The quantitative estimate of drug-likeness (QED) is 0.656. The molecule has 1 heterocycles. The molecule has 0 radical (unpaired) electrons. The molecule has 1 aliphatic heterocycles. The van der Waals surface area contributed by atoms with Crippen LogP contribution in [0, 0.1) is 17.0 Å². The Bertz CT molecular complexity index is 442. The Balaban J connectivity index is 1.83. The van der Waals surface area contributed by atoms with Crippen LogP contribution in [0.4, 0.5) is 5.69 Å². The fourth-order valence-corrected chi connectivity index (χ4v) is 2.39. The van der Waals surface area contributed by atoms with Crippen molar-refractivity contribution in [1.82, 2.24) is 5.32 Å². The molecule has 0 spiro atoms. The summed E-state index contributed by atoms with van der Waals surface area (Å²) >= 11 is 0. The summed E-state index contributed by atoms with van der Waals surface area (Å²) in [6, 6.07) is 5.27. The largest absolute Gasteiger partial charge is 0.493 e. The predicted octanol–water partition coefficient (Wildman–Crippen LogP) is 2.81. The van der Waals surface area contributed by atoms with Crippen molar-refractivity contribution < 1.29 is 9.66 Å². The van der Waals surface area contributed by atoms with Crippen LogP contribution in [0.5, 0.6) is 5.75 Å². The number of nitrogens with zero attached hydrogens (tertiary/aromatic N) is 1. The number of ether oxygens (including phenoxy) is 1. The van der Waals surface area contributed by atoms with Gasteiger partial charge in [-0.2, -0.15) is 0 Å². The number of hydrogen-bond acceptors (Lipinski definition) is 4. The maximum absolute atomic E-state index is 10.6. The zero-order chi connectivity index (χ0) is 13.7. The molecule has 1 atom stereocenters. The summed E-state index contributed by atoms with van der Waals surface area (Å²) in [5, 5.41) is 14.1. The van der Waals surface area contributed by atoms with Gasteiger partial charge < -0.3 is 10.1 Å². The Morgan fingerprint density at radius 1 is 1.47 bits per heavy atom. The lowest BCUT2D eigenvalue weighted by atomic mass is 10.0. The van der Waals surface area contributed by atoms with Gasteiger partial charge in [-0.3, -0.25) is 10.1 Å². The van der Waals surface area contributed by atoms with E-state index in [0.29, 0.717) is 12.6 Å². The van der Waals surface area contributed by atoms with E-state index in [0.717, 1.165) is 24.3 Å². The number of benzene rings is 1. The second-order valence-electron chi connectivity index (χ2n) is 4.99. The third kappa shape index (κ3) is 3.92. The van der Waals surface area contributed by atoms with Crippen molar-refractivity contribution in [3.8, 4) is 5.75 Å². The third-order valence-electron chi connectivity index (χ3n) is 3.51. The van der Waals surface area contributed by atoms with Gasteiger partial charge in [0.05, 0.1) is 11.5 Å². The normalized spacial score (nSPS) is 19.1. The van der Waals surface area contributed by atoms with Crippen LogP contribution >= 0.6 is 0 Å². The molecule has 1 saturated heterocycles. The molecule has 5 heteroatoms. The molecule has 19 heavy (non-hydrogen) atoms. The summed E-state index contributed by atoms with van der Waals surface area (Å²) in [7, 11) is 0. The van der Waals surface area contributed by atoms with Crippen molar-refractivity contribution in [3.63, 3.8) is 0 Å². The molecule has 0 bridgehead atoms. The molecule has 0 aliphatic carbocycles. The first-order valence-electron chi connectivity index (χ1n) is 6.78.